The molecule has 26 heavy (non-hydrogen) atoms. The minimum atomic E-state index is -0.584. The number of aromatic nitrogens is 5. The van der Waals surface area contributed by atoms with Crippen LogP contribution in [0.2, 0.25) is 5.02 Å². The fourth-order valence-electron chi connectivity index (χ4n) is 1.83. The Morgan fingerprint density at radius 2 is 2.15 bits per heavy atom. The Balaban J connectivity index is 1.54. The average Bonchev–Trinajstić information content (AvgIpc) is 3.05. The number of hydrogen-bond acceptors (Lipinski definition) is 8. The lowest BCUT2D eigenvalue weighted by atomic mass is 10.4. The summed E-state index contributed by atoms with van der Waals surface area (Å²) in [5, 5.41) is 10.8. The van der Waals surface area contributed by atoms with E-state index in [-0.39, 0.29) is 29.3 Å². The molecule has 0 fully saturated rings. The van der Waals surface area contributed by atoms with E-state index in [9.17, 15) is 14.4 Å². The molecule has 1 amide bonds. The second-order valence-corrected chi connectivity index (χ2v) is 6.26. The van der Waals surface area contributed by atoms with Crippen molar-refractivity contribution in [2.24, 2.45) is 0 Å². The van der Waals surface area contributed by atoms with Crippen molar-refractivity contribution in [3.8, 4) is 0 Å². The van der Waals surface area contributed by atoms with Crippen molar-refractivity contribution in [2.75, 3.05) is 11.1 Å². The third-order valence-corrected chi connectivity index (χ3v) is 4.01. The highest BCUT2D eigenvalue weighted by molar-refractivity contribution is 7.99. The fraction of sp³-hybridized carbons (Fsp3) is 0.143. The minimum Gasteiger partial charge on any atom is -0.414 e. The van der Waals surface area contributed by atoms with Gasteiger partial charge in [-0.3, -0.25) is 19.1 Å². The molecule has 0 unspecified atom stereocenters. The van der Waals surface area contributed by atoms with E-state index in [1.54, 1.807) is 12.1 Å². The predicted molar refractivity (Wildman–Crippen MR) is 93.3 cm³/mol. The standard InChI is InChI=1S/C14H11ClN6O4S/c15-8-1-2-9(16-5-8)17-11(23)7-26-14-20-19-12(25-14)6-21-4-3-10(22)18-13(21)24/h1-5H,6-7H2,(H,16,17,23)(H,18,22,24). The zero-order chi connectivity index (χ0) is 18.5. The highest BCUT2D eigenvalue weighted by Gasteiger charge is 2.11. The Morgan fingerprint density at radius 3 is 2.88 bits per heavy atom. The van der Waals surface area contributed by atoms with Crippen LogP contribution in [0, 0.1) is 0 Å². The molecule has 0 spiro atoms. The molecule has 0 bridgehead atoms. The van der Waals surface area contributed by atoms with E-state index < -0.39 is 11.2 Å². The van der Waals surface area contributed by atoms with E-state index in [1.807, 2.05) is 0 Å². The van der Waals surface area contributed by atoms with Gasteiger partial charge in [0.25, 0.3) is 10.8 Å². The number of carbonyl (C=O) groups is 1. The molecule has 0 aliphatic rings. The van der Waals surface area contributed by atoms with Crippen LogP contribution >= 0.6 is 23.4 Å². The molecule has 3 heterocycles. The molecule has 134 valence electrons. The Kier molecular flexibility index (Phi) is 5.49. The van der Waals surface area contributed by atoms with Gasteiger partial charge in [0.1, 0.15) is 12.4 Å². The number of amides is 1. The second kappa shape index (κ2) is 7.97. The van der Waals surface area contributed by atoms with Gasteiger partial charge in [0, 0.05) is 18.5 Å². The first-order valence-electron chi connectivity index (χ1n) is 7.16. The largest absolute Gasteiger partial charge is 0.414 e. The Morgan fingerprint density at radius 1 is 1.31 bits per heavy atom. The van der Waals surface area contributed by atoms with Crippen LogP contribution in [0.15, 0.2) is 49.8 Å². The smallest absolute Gasteiger partial charge is 0.328 e. The van der Waals surface area contributed by atoms with Crippen LogP contribution in [-0.2, 0) is 11.3 Å². The SMILES string of the molecule is O=C(CSc1nnc(Cn2ccc(=O)[nH]c2=O)o1)Nc1ccc(Cl)cn1. The number of halogens is 1. The number of nitrogens with zero attached hydrogens (tertiary/aromatic N) is 4. The van der Waals surface area contributed by atoms with Crippen LogP contribution in [0.1, 0.15) is 5.89 Å². The first kappa shape index (κ1) is 17.9. The molecule has 0 aliphatic heterocycles. The summed E-state index contributed by atoms with van der Waals surface area (Å²) in [6.45, 7) is 0.00403. The zero-order valence-corrected chi connectivity index (χ0v) is 14.6. The van der Waals surface area contributed by atoms with Crippen LogP contribution in [0.5, 0.6) is 0 Å². The number of nitrogens with one attached hydrogen (secondary N) is 2. The molecule has 0 atom stereocenters. The molecule has 0 saturated heterocycles. The van der Waals surface area contributed by atoms with Gasteiger partial charge in [0.15, 0.2) is 0 Å². The third kappa shape index (κ3) is 4.80. The summed E-state index contributed by atoms with van der Waals surface area (Å²) < 4.78 is 6.58. The Hall–Kier alpha value is -2.92. The molecule has 3 aromatic rings. The van der Waals surface area contributed by atoms with Gasteiger partial charge in [-0.1, -0.05) is 23.4 Å². The quantitative estimate of drug-likeness (QED) is 0.584. The van der Waals surface area contributed by atoms with Crippen molar-refractivity contribution in [3.05, 3.63) is 62.3 Å². The van der Waals surface area contributed by atoms with Crippen molar-refractivity contribution < 1.29 is 9.21 Å². The number of carbonyl (C=O) groups excluding carboxylic acids is 1. The number of pyridine rings is 1. The first-order chi connectivity index (χ1) is 12.5. The van der Waals surface area contributed by atoms with Gasteiger partial charge in [-0.2, -0.15) is 0 Å². The first-order valence-corrected chi connectivity index (χ1v) is 8.52. The highest BCUT2D eigenvalue weighted by atomic mass is 35.5. The van der Waals surface area contributed by atoms with E-state index >= 15 is 0 Å². The number of anilines is 1. The zero-order valence-electron chi connectivity index (χ0n) is 13.0. The third-order valence-electron chi connectivity index (χ3n) is 2.97. The summed E-state index contributed by atoms with van der Waals surface area (Å²) in [6, 6.07) is 4.40. The Bertz CT molecular complexity index is 1030. The topological polar surface area (TPSA) is 136 Å². The maximum Gasteiger partial charge on any atom is 0.328 e. The summed E-state index contributed by atoms with van der Waals surface area (Å²) in [4.78, 5) is 40.6. The molecular weight excluding hydrogens is 384 g/mol. The van der Waals surface area contributed by atoms with Crippen LogP contribution in [0.3, 0.4) is 0 Å². The van der Waals surface area contributed by atoms with Gasteiger partial charge < -0.3 is 9.73 Å². The number of H-pyrrole nitrogens is 1. The Labute approximate surface area is 154 Å². The highest BCUT2D eigenvalue weighted by Crippen LogP contribution is 2.17. The van der Waals surface area contributed by atoms with Crippen molar-refractivity contribution in [2.45, 2.75) is 11.8 Å². The minimum absolute atomic E-state index is 0.00403. The van der Waals surface area contributed by atoms with Gasteiger partial charge >= 0.3 is 5.69 Å². The number of hydrogen-bond donors (Lipinski definition) is 2. The van der Waals surface area contributed by atoms with Crippen LogP contribution in [0.4, 0.5) is 5.82 Å². The predicted octanol–water partition coefficient (Wildman–Crippen LogP) is 0.747. The molecule has 2 N–H and O–H groups in total. The van der Waals surface area contributed by atoms with Gasteiger partial charge in [0.2, 0.25) is 11.8 Å². The van der Waals surface area contributed by atoms with Gasteiger partial charge in [-0.25, -0.2) is 9.78 Å². The van der Waals surface area contributed by atoms with E-state index in [4.69, 9.17) is 16.0 Å². The van der Waals surface area contributed by atoms with E-state index in [1.165, 1.54) is 23.0 Å². The lowest BCUT2D eigenvalue weighted by Gasteiger charge is -2.02. The van der Waals surface area contributed by atoms with Crippen molar-refractivity contribution in [1.82, 2.24) is 24.7 Å². The van der Waals surface area contributed by atoms with Gasteiger partial charge in [0.05, 0.1) is 10.8 Å². The van der Waals surface area contributed by atoms with Crippen molar-refractivity contribution in [1.29, 1.82) is 0 Å². The average molecular weight is 395 g/mol. The molecule has 0 aromatic carbocycles. The van der Waals surface area contributed by atoms with Gasteiger partial charge in [-0.15, -0.1) is 10.2 Å². The lowest BCUT2D eigenvalue weighted by molar-refractivity contribution is -0.113. The lowest BCUT2D eigenvalue weighted by Crippen LogP contribution is -2.28. The molecule has 0 aliphatic carbocycles. The molecule has 3 rings (SSSR count). The van der Waals surface area contributed by atoms with E-state index in [2.05, 4.69) is 25.5 Å². The number of rotatable bonds is 6. The van der Waals surface area contributed by atoms with Crippen molar-refractivity contribution in [3.63, 3.8) is 0 Å². The fourth-order valence-corrected chi connectivity index (χ4v) is 2.52. The molecule has 12 heteroatoms. The van der Waals surface area contributed by atoms with E-state index in [0.717, 1.165) is 11.8 Å². The summed E-state index contributed by atoms with van der Waals surface area (Å²) in [5.74, 6) is 0.274. The van der Waals surface area contributed by atoms with Crippen LogP contribution < -0.4 is 16.6 Å². The maximum absolute atomic E-state index is 11.9. The monoisotopic (exact) mass is 394 g/mol. The molecule has 0 saturated carbocycles. The maximum atomic E-state index is 11.9. The van der Waals surface area contributed by atoms with E-state index in [0.29, 0.717) is 10.8 Å². The summed E-state index contributed by atoms with van der Waals surface area (Å²) >= 11 is 6.76. The number of thioether (sulfide) groups is 1. The van der Waals surface area contributed by atoms with Crippen molar-refractivity contribution >= 4 is 35.1 Å². The summed E-state index contributed by atoms with van der Waals surface area (Å²) in [5.41, 5.74) is -1.08. The number of aromatic amines is 1. The molecular formula is C14H11ClN6O4S. The molecule has 3 aromatic heterocycles. The van der Waals surface area contributed by atoms with Gasteiger partial charge in [-0.05, 0) is 12.1 Å². The molecule has 0 radical (unpaired) electrons. The summed E-state index contributed by atoms with van der Waals surface area (Å²) in [7, 11) is 0. The van der Waals surface area contributed by atoms with Crippen LogP contribution in [0.25, 0.3) is 0 Å². The molecule has 10 nitrogen and oxygen atoms in total. The normalized spacial score (nSPS) is 10.7. The van der Waals surface area contributed by atoms with Crippen LogP contribution in [-0.4, -0.2) is 36.4 Å². The second-order valence-electron chi connectivity index (χ2n) is 4.90. The summed E-state index contributed by atoms with van der Waals surface area (Å²) in [6.07, 6.45) is 2.75.